The second-order valence-corrected chi connectivity index (χ2v) is 6.50. The summed E-state index contributed by atoms with van der Waals surface area (Å²) in [6, 6.07) is 5.96. The number of aryl methyl sites for hydroxylation is 1. The van der Waals surface area contributed by atoms with Crippen molar-refractivity contribution in [1.82, 2.24) is 34.3 Å². The van der Waals surface area contributed by atoms with Gasteiger partial charge in [0, 0.05) is 38.2 Å². The number of imidazole rings is 1. The van der Waals surface area contributed by atoms with Crippen LogP contribution in [-0.2, 0) is 11.3 Å². The van der Waals surface area contributed by atoms with E-state index in [1.54, 1.807) is 23.3 Å². The van der Waals surface area contributed by atoms with Crippen molar-refractivity contribution in [3.63, 3.8) is 0 Å². The highest BCUT2D eigenvalue weighted by molar-refractivity contribution is 5.85. The molecule has 1 saturated heterocycles. The lowest BCUT2D eigenvalue weighted by molar-refractivity contribution is 0.122. The number of hydrogen-bond donors (Lipinski definition) is 0. The van der Waals surface area contributed by atoms with Gasteiger partial charge in [-0.3, -0.25) is 9.55 Å². The SMILES string of the molecule is CCn1c(Oc2cccnc2)nc2c(N3CCOCC3)nc(-n3cccn3)nc21. The molecule has 1 aliphatic rings. The predicted octanol–water partition coefficient (Wildman–Crippen LogP) is 2.06. The van der Waals surface area contributed by atoms with Crippen molar-refractivity contribution in [2.75, 3.05) is 31.2 Å². The number of ether oxygens (including phenoxy) is 2. The van der Waals surface area contributed by atoms with E-state index in [1.807, 2.05) is 35.9 Å². The normalized spacial score (nSPS) is 14.4. The van der Waals surface area contributed by atoms with Crippen molar-refractivity contribution in [2.24, 2.45) is 0 Å². The Labute approximate surface area is 166 Å². The van der Waals surface area contributed by atoms with Crippen LogP contribution in [0.15, 0.2) is 43.0 Å². The maximum Gasteiger partial charge on any atom is 0.304 e. The molecule has 4 aromatic heterocycles. The third-order valence-electron chi connectivity index (χ3n) is 4.71. The number of hydrogen-bond acceptors (Lipinski definition) is 8. The van der Waals surface area contributed by atoms with E-state index >= 15 is 0 Å². The van der Waals surface area contributed by atoms with Gasteiger partial charge < -0.3 is 14.4 Å². The van der Waals surface area contributed by atoms with E-state index in [0.29, 0.717) is 48.6 Å². The largest absolute Gasteiger partial charge is 0.424 e. The highest BCUT2D eigenvalue weighted by Crippen LogP contribution is 2.30. The fourth-order valence-corrected chi connectivity index (χ4v) is 3.32. The van der Waals surface area contributed by atoms with Gasteiger partial charge in [-0.15, -0.1) is 0 Å². The highest BCUT2D eigenvalue weighted by Gasteiger charge is 2.24. The molecule has 0 bridgehead atoms. The Morgan fingerprint density at radius 1 is 1.10 bits per heavy atom. The Kier molecular flexibility index (Phi) is 4.53. The third-order valence-corrected chi connectivity index (χ3v) is 4.71. The van der Waals surface area contributed by atoms with Crippen molar-refractivity contribution >= 4 is 17.0 Å². The molecular formula is C19H20N8O2. The topological polar surface area (TPSA) is 96.0 Å². The van der Waals surface area contributed by atoms with Crippen LogP contribution in [0.2, 0.25) is 0 Å². The van der Waals surface area contributed by atoms with Gasteiger partial charge in [0.25, 0.3) is 5.95 Å². The summed E-state index contributed by atoms with van der Waals surface area (Å²) in [5.74, 6) is 1.87. The zero-order valence-electron chi connectivity index (χ0n) is 16.0. The van der Waals surface area contributed by atoms with Crippen LogP contribution in [0, 0.1) is 0 Å². The molecule has 10 nitrogen and oxygen atoms in total. The number of anilines is 1. The molecule has 5 rings (SSSR count). The molecule has 0 radical (unpaired) electrons. The molecule has 0 saturated carbocycles. The summed E-state index contributed by atoms with van der Waals surface area (Å²) in [6.07, 6.45) is 6.89. The number of nitrogens with zero attached hydrogens (tertiary/aromatic N) is 8. The number of fused-ring (bicyclic) bond motifs is 1. The maximum absolute atomic E-state index is 6.01. The van der Waals surface area contributed by atoms with E-state index in [-0.39, 0.29) is 0 Å². The number of pyridine rings is 1. The fourth-order valence-electron chi connectivity index (χ4n) is 3.32. The molecule has 0 unspecified atom stereocenters. The highest BCUT2D eigenvalue weighted by atomic mass is 16.5. The van der Waals surface area contributed by atoms with Gasteiger partial charge in [0.1, 0.15) is 5.75 Å². The van der Waals surface area contributed by atoms with Gasteiger partial charge in [-0.05, 0) is 25.1 Å². The Balaban J connectivity index is 1.68. The van der Waals surface area contributed by atoms with Crippen LogP contribution in [0.5, 0.6) is 11.8 Å². The molecule has 1 fully saturated rings. The predicted molar refractivity (Wildman–Crippen MR) is 105 cm³/mol. The second kappa shape index (κ2) is 7.47. The van der Waals surface area contributed by atoms with Crippen LogP contribution in [0.4, 0.5) is 5.82 Å². The van der Waals surface area contributed by atoms with Gasteiger partial charge in [0.15, 0.2) is 17.0 Å². The minimum atomic E-state index is 0.455. The molecule has 5 heterocycles. The van der Waals surface area contributed by atoms with E-state index in [9.17, 15) is 0 Å². The lowest BCUT2D eigenvalue weighted by Crippen LogP contribution is -2.37. The third kappa shape index (κ3) is 3.27. The van der Waals surface area contributed by atoms with Crippen molar-refractivity contribution in [3.8, 4) is 17.7 Å². The van der Waals surface area contributed by atoms with E-state index < -0.39 is 0 Å². The lowest BCUT2D eigenvalue weighted by atomic mass is 10.3. The Morgan fingerprint density at radius 2 is 2.00 bits per heavy atom. The van der Waals surface area contributed by atoms with Crippen LogP contribution in [0.25, 0.3) is 17.1 Å². The summed E-state index contributed by atoms with van der Waals surface area (Å²) < 4.78 is 15.1. The summed E-state index contributed by atoms with van der Waals surface area (Å²) in [7, 11) is 0. The van der Waals surface area contributed by atoms with Crippen molar-refractivity contribution < 1.29 is 9.47 Å². The Bertz CT molecular complexity index is 1100. The molecule has 0 aliphatic carbocycles. The van der Waals surface area contributed by atoms with Crippen molar-refractivity contribution in [3.05, 3.63) is 43.0 Å². The summed E-state index contributed by atoms with van der Waals surface area (Å²) in [6.45, 7) is 5.45. The van der Waals surface area contributed by atoms with Crippen molar-refractivity contribution in [2.45, 2.75) is 13.5 Å². The molecule has 0 spiro atoms. The zero-order chi connectivity index (χ0) is 19.6. The maximum atomic E-state index is 6.01. The summed E-state index contributed by atoms with van der Waals surface area (Å²) in [5, 5.41) is 4.29. The van der Waals surface area contributed by atoms with Crippen LogP contribution in [0.1, 0.15) is 6.92 Å². The number of rotatable bonds is 5. The number of morpholine rings is 1. The first-order valence-corrected chi connectivity index (χ1v) is 9.52. The van der Waals surface area contributed by atoms with Gasteiger partial charge in [0.05, 0.1) is 19.4 Å². The molecule has 148 valence electrons. The van der Waals surface area contributed by atoms with Crippen molar-refractivity contribution in [1.29, 1.82) is 0 Å². The monoisotopic (exact) mass is 392 g/mol. The average molecular weight is 392 g/mol. The first-order chi connectivity index (χ1) is 14.3. The first-order valence-electron chi connectivity index (χ1n) is 9.52. The van der Waals surface area contributed by atoms with Crippen LogP contribution < -0.4 is 9.64 Å². The quantitative estimate of drug-likeness (QED) is 0.509. The fraction of sp³-hybridized carbons (Fsp3) is 0.316. The molecule has 1 aliphatic heterocycles. The molecule has 0 N–H and O–H groups in total. The van der Waals surface area contributed by atoms with E-state index in [2.05, 4.69) is 15.0 Å². The van der Waals surface area contributed by atoms with Gasteiger partial charge in [-0.1, -0.05) is 0 Å². The van der Waals surface area contributed by atoms with E-state index in [1.165, 1.54) is 0 Å². The standard InChI is InChI=1S/C19H20N8O2/c1-2-26-17-15(22-19(26)29-14-5-3-6-20-13-14)16(25-9-11-28-12-10-25)23-18(24-17)27-8-4-7-21-27/h3-8,13H,2,9-12H2,1H3. The molecule has 0 aromatic carbocycles. The van der Waals surface area contributed by atoms with Gasteiger partial charge in [-0.2, -0.15) is 20.1 Å². The van der Waals surface area contributed by atoms with E-state index in [4.69, 9.17) is 24.4 Å². The molecule has 4 aromatic rings. The number of aromatic nitrogens is 7. The molecule has 10 heteroatoms. The summed E-state index contributed by atoms with van der Waals surface area (Å²) >= 11 is 0. The Morgan fingerprint density at radius 3 is 2.72 bits per heavy atom. The minimum absolute atomic E-state index is 0.455. The van der Waals surface area contributed by atoms with Gasteiger partial charge in [-0.25, -0.2) is 4.68 Å². The van der Waals surface area contributed by atoms with E-state index in [0.717, 1.165) is 18.9 Å². The second-order valence-electron chi connectivity index (χ2n) is 6.50. The molecule has 0 atom stereocenters. The van der Waals surface area contributed by atoms with Gasteiger partial charge in [0.2, 0.25) is 0 Å². The van der Waals surface area contributed by atoms with Crippen LogP contribution in [0.3, 0.4) is 0 Å². The van der Waals surface area contributed by atoms with Gasteiger partial charge >= 0.3 is 6.01 Å². The molecule has 29 heavy (non-hydrogen) atoms. The lowest BCUT2D eigenvalue weighted by Gasteiger charge is -2.28. The van der Waals surface area contributed by atoms with Crippen LogP contribution >= 0.6 is 0 Å². The first kappa shape index (κ1) is 17.6. The Hall–Kier alpha value is -3.53. The smallest absolute Gasteiger partial charge is 0.304 e. The summed E-state index contributed by atoms with van der Waals surface area (Å²) in [4.78, 5) is 20.5. The molecular weight excluding hydrogens is 372 g/mol. The zero-order valence-corrected chi connectivity index (χ0v) is 16.0. The average Bonchev–Trinajstić information content (AvgIpc) is 3.42. The minimum Gasteiger partial charge on any atom is -0.424 e. The molecule has 0 amide bonds. The van der Waals surface area contributed by atoms with Crippen LogP contribution in [-0.4, -0.2) is 60.6 Å². The summed E-state index contributed by atoms with van der Waals surface area (Å²) in [5.41, 5.74) is 1.40.